The molecule has 0 spiro atoms. The zero-order chi connectivity index (χ0) is 14.8. The number of ether oxygens (including phenoxy) is 3. The van der Waals surface area contributed by atoms with Crippen LogP contribution < -0.4 is 14.8 Å². The highest BCUT2D eigenvalue weighted by Gasteiger charge is 2.36. The zero-order valence-electron chi connectivity index (χ0n) is 12.5. The van der Waals surface area contributed by atoms with Gasteiger partial charge in [-0.15, -0.1) is 0 Å². The molecule has 1 aliphatic heterocycles. The fraction of sp³-hybridized carbons (Fsp3) is 0.600. The number of phenolic OH excluding ortho intramolecular Hbond substituents is 1. The van der Waals surface area contributed by atoms with Crippen LogP contribution in [0, 0.1) is 0 Å². The van der Waals surface area contributed by atoms with E-state index in [-0.39, 0.29) is 17.4 Å². The quantitative estimate of drug-likeness (QED) is 0.865. The van der Waals surface area contributed by atoms with Gasteiger partial charge >= 0.3 is 0 Å². The molecule has 20 heavy (non-hydrogen) atoms. The van der Waals surface area contributed by atoms with E-state index in [0.717, 1.165) is 18.6 Å². The molecule has 0 radical (unpaired) electrons. The van der Waals surface area contributed by atoms with E-state index in [2.05, 4.69) is 19.2 Å². The summed E-state index contributed by atoms with van der Waals surface area (Å²) in [6.07, 6.45) is 1.17. The molecule has 1 aromatic rings. The zero-order valence-corrected chi connectivity index (χ0v) is 12.5. The van der Waals surface area contributed by atoms with Crippen molar-refractivity contribution in [1.29, 1.82) is 0 Å². The van der Waals surface area contributed by atoms with Crippen molar-refractivity contribution in [2.45, 2.75) is 38.5 Å². The summed E-state index contributed by atoms with van der Waals surface area (Å²) in [5, 5.41) is 13.4. The number of nitrogens with one attached hydrogen (secondary N) is 1. The second-order valence-electron chi connectivity index (χ2n) is 5.38. The summed E-state index contributed by atoms with van der Waals surface area (Å²) in [5.74, 6) is 0.867. The molecule has 2 N–H and O–H groups in total. The van der Waals surface area contributed by atoms with Gasteiger partial charge in [-0.25, -0.2) is 0 Å². The molecule has 1 aromatic carbocycles. The third-order valence-corrected chi connectivity index (χ3v) is 4.12. The molecule has 1 saturated heterocycles. The lowest BCUT2D eigenvalue weighted by atomic mass is 9.94. The molecule has 112 valence electrons. The van der Waals surface area contributed by atoms with Crippen molar-refractivity contribution in [3.63, 3.8) is 0 Å². The number of rotatable bonds is 5. The van der Waals surface area contributed by atoms with E-state index in [9.17, 15) is 5.11 Å². The maximum atomic E-state index is 9.90. The van der Waals surface area contributed by atoms with E-state index in [1.165, 1.54) is 14.2 Å². The molecule has 0 bridgehead atoms. The molecule has 1 fully saturated rings. The molecule has 1 aliphatic rings. The summed E-state index contributed by atoms with van der Waals surface area (Å²) >= 11 is 0. The van der Waals surface area contributed by atoms with Crippen LogP contribution in [0.25, 0.3) is 0 Å². The molecule has 5 nitrogen and oxygen atoms in total. The van der Waals surface area contributed by atoms with Crippen molar-refractivity contribution in [3.05, 3.63) is 17.7 Å². The molecule has 2 unspecified atom stereocenters. The number of phenols is 1. The van der Waals surface area contributed by atoms with Crippen molar-refractivity contribution in [2.24, 2.45) is 0 Å². The van der Waals surface area contributed by atoms with Gasteiger partial charge in [0.05, 0.1) is 20.3 Å². The Kier molecular flexibility index (Phi) is 4.40. The largest absolute Gasteiger partial charge is 0.502 e. The summed E-state index contributed by atoms with van der Waals surface area (Å²) in [7, 11) is 3.06. The van der Waals surface area contributed by atoms with E-state index >= 15 is 0 Å². The Bertz CT molecular complexity index is 452. The predicted octanol–water partition coefficient (Wildman–Crippen LogP) is 2.07. The molecule has 0 aliphatic carbocycles. The van der Waals surface area contributed by atoms with Gasteiger partial charge in [-0.1, -0.05) is 0 Å². The number of benzene rings is 1. The highest BCUT2D eigenvalue weighted by Crippen LogP contribution is 2.37. The second kappa shape index (κ2) is 5.89. The van der Waals surface area contributed by atoms with Crippen LogP contribution in [0.2, 0.25) is 0 Å². The molecule has 5 heteroatoms. The van der Waals surface area contributed by atoms with Crippen molar-refractivity contribution in [1.82, 2.24) is 5.32 Å². The lowest BCUT2D eigenvalue weighted by Gasteiger charge is -2.29. The van der Waals surface area contributed by atoms with E-state index in [4.69, 9.17) is 14.2 Å². The topological polar surface area (TPSA) is 60.0 Å². The minimum atomic E-state index is -0.0294. The van der Waals surface area contributed by atoms with Gasteiger partial charge in [0.1, 0.15) is 0 Å². The summed E-state index contributed by atoms with van der Waals surface area (Å²) in [5.41, 5.74) is 0.968. The smallest absolute Gasteiger partial charge is 0.200 e. The van der Waals surface area contributed by atoms with Gasteiger partial charge in [-0.05, 0) is 38.0 Å². The van der Waals surface area contributed by atoms with Crippen LogP contribution in [-0.4, -0.2) is 37.6 Å². The molecule has 0 saturated carbocycles. The highest BCUT2D eigenvalue weighted by atomic mass is 16.5. The monoisotopic (exact) mass is 281 g/mol. The Labute approximate surface area is 119 Å². The van der Waals surface area contributed by atoms with Crippen LogP contribution in [0.1, 0.15) is 25.8 Å². The van der Waals surface area contributed by atoms with Crippen LogP contribution in [0.3, 0.4) is 0 Å². The third kappa shape index (κ3) is 2.83. The number of hydrogen-bond donors (Lipinski definition) is 2. The molecular formula is C15H23NO4. The summed E-state index contributed by atoms with van der Waals surface area (Å²) < 4.78 is 15.9. The van der Waals surface area contributed by atoms with E-state index < -0.39 is 0 Å². The molecule has 2 rings (SSSR count). The molecular weight excluding hydrogens is 258 g/mol. The van der Waals surface area contributed by atoms with Crippen LogP contribution in [0.5, 0.6) is 17.2 Å². The first kappa shape index (κ1) is 14.9. The number of methoxy groups -OCH3 is 2. The van der Waals surface area contributed by atoms with Gasteiger partial charge in [0.2, 0.25) is 5.75 Å². The van der Waals surface area contributed by atoms with Crippen molar-refractivity contribution < 1.29 is 19.3 Å². The van der Waals surface area contributed by atoms with E-state index in [1.54, 1.807) is 0 Å². The van der Waals surface area contributed by atoms with Crippen LogP contribution in [-0.2, 0) is 11.3 Å². The van der Waals surface area contributed by atoms with Crippen LogP contribution in [0.4, 0.5) is 0 Å². The fourth-order valence-corrected chi connectivity index (χ4v) is 2.42. The van der Waals surface area contributed by atoms with E-state index in [0.29, 0.717) is 18.0 Å². The average Bonchev–Trinajstić information content (AvgIpc) is 2.78. The Morgan fingerprint density at radius 3 is 2.40 bits per heavy atom. The Hall–Kier alpha value is -1.46. The van der Waals surface area contributed by atoms with Crippen LogP contribution in [0.15, 0.2) is 12.1 Å². The van der Waals surface area contributed by atoms with Gasteiger partial charge in [0, 0.05) is 18.7 Å². The number of aromatic hydroxyl groups is 1. The van der Waals surface area contributed by atoms with Gasteiger partial charge in [-0.3, -0.25) is 0 Å². The molecule has 0 amide bonds. The lowest BCUT2D eigenvalue weighted by molar-refractivity contribution is 0.0881. The fourth-order valence-electron chi connectivity index (χ4n) is 2.42. The molecule has 2 atom stereocenters. The Morgan fingerprint density at radius 1 is 1.35 bits per heavy atom. The average molecular weight is 281 g/mol. The standard InChI is InChI=1S/C15H23NO4/c1-10-15(2,5-6-20-10)16-9-11-7-12(18-3)14(17)13(8-11)19-4/h7-8,10,16-17H,5-6,9H2,1-4H3. The number of hydrogen-bond acceptors (Lipinski definition) is 5. The first-order valence-electron chi connectivity index (χ1n) is 6.80. The minimum Gasteiger partial charge on any atom is -0.502 e. The molecule has 1 heterocycles. The normalized spacial score (nSPS) is 25.7. The van der Waals surface area contributed by atoms with Crippen molar-refractivity contribution in [3.8, 4) is 17.2 Å². The first-order chi connectivity index (χ1) is 9.50. The Balaban J connectivity index is 2.13. The van der Waals surface area contributed by atoms with E-state index in [1.807, 2.05) is 12.1 Å². The predicted molar refractivity (Wildman–Crippen MR) is 76.5 cm³/mol. The van der Waals surface area contributed by atoms with Crippen molar-refractivity contribution in [2.75, 3.05) is 20.8 Å². The van der Waals surface area contributed by atoms with Gasteiger partial charge < -0.3 is 24.6 Å². The summed E-state index contributed by atoms with van der Waals surface area (Å²) in [6.45, 7) is 5.70. The minimum absolute atomic E-state index is 0.0294. The van der Waals surface area contributed by atoms with Gasteiger partial charge in [0.15, 0.2) is 11.5 Å². The lowest BCUT2D eigenvalue weighted by Crippen LogP contribution is -2.47. The summed E-state index contributed by atoms with van der Waals surface area (Å²) in [6, 6.07) is 3.63. The third-order valence-electron chi connectivity index (χ3n) is 4.12. The van der Waals surface area contributed by atoms with Gasteiger partial charge in [0.25, 0.3) is 0 Å². The highest BCUT2D eigenvalue weighted by molar-refractivity contribution is 5.52. The van der Waals surface area contributed by atoms with Crippen molar-refractivity contribution >= 4 is 0 Å². The maximum absolute atomic E-state index is 9.90. The summed E-state index contributed by atoms with van der Waals surface area (Å²) in [4.78, 5) is 0. The second-order valence-corrected chi connectivity index (χ2v) is 5.38. The maximum Gasteiger partial charge on any atom is 0.200 e. The first-order valence-corrected chi connectivity index (χ1v) is 6.80. The SMILES string of the molecule is COc1cc(CNC2(C)CCOC2C)cc(OC)c1O. The molecule has 0 aromatic heterocycles. The Morgan fingerprint density at radius 2 is 1.95 bits per heavy atom. The van der Waals surface area contributed by atoms with Crippen LogP contribution >= 0.6 is 0 Å². The van der Waals surface area contributed by atoms with Gasteiger partial charge in [-0.2, -0.15) is 0 Å².